The number of carbonyl (C=O) groups is 3. The van der Waals surface area contributed by atoms with Crippen LogP contribution >= 0.6 is 0 Å². The van der Waals surface area contributed by atoms with Gasteiger partial charge in [-0.1, -0.05) is 63.9 Å². The third-order valence-corrected chi connectivity index (χ3v) is 6.09. The maximum absolute atomic E-state index is 12.9. The molecule has 1 aromatic carbocycles. The van der Waals surface area contributed by atoms with E-state index in [-0.39, 0.29) is 29.7 Å². The molecule has 1 spiro atoms. The number of urea groups is 1. The Bertz CT molecular complexity index is 731. The number of benzene rings is 1. The molecule has 0 radical (unpaired) electrons. The first kappa shape index (κ1) is 19.4. The maximum Gasteiger partial charge on any atom is 0.325 e. The topological polar surface area (TPSA) is 78.5 Å². The van der Waals surface area contributed by atoms with Crippen molar-refractivity contribution in [1.29, 1.82) is 0 Å². The largest absolute Gasteiger partial charge is 0.354 e. The molecule has 1 aromatic rings. The van der Waals surface area contributed by atoms with E-state index in [1.165, 1.54) is 0 Å². The van der Waals surface area contributed by atoms with Crippen molar-refractivity contribution in [3.05, 3.63) is 35.9 Å². The average molecular weight is 371 g/mol. The summed E-state index contributed by atoms with van der Waals surface area (Å²) in [5, 5.41) is 5.76. The van der Waals surface area contributed by atoms with Crippen LogP contribution in [0.5, 0.6) is 0 Å². The van der Waals surface area contributed by atoms with Crippen LogP contribution in [0, 0.1) is 5.92 Å². The van der Waals surface area contributed by atoms with E-state index in [2.05, 4.69) is 24.5 Å². The Labute approximate surface area is 160 Å². The predicted molar refractivity (Wildman–Crippen MR) is 103 cm³/mol. The van der Waals surface area contributed by atoms with Gasteiger partial charge in [0.25, 0.3) is 5.91 Å². The number of rotatable bonds is 5. The van der Waals surface area contributed by atoms with Gasteiger partial charge < -0.3 is 10.6 Å². The lowest BCUT2D eigenvalue weighted by Crippen LogP contribution is -2.54. The van der Waals surface area contributed by atoms with E-state index in [0.717, 1.165) is 29.7 Å². The number of nitrogens with one attached hydrogen (secondary N) is 2. The summed E-state index contributed by atoms with van der Waals surface area (Å²) in [7, 11) is 0. The lowest BCUT2D eigenvalue weighted by molar-refractivity contribution is -0.137. The van der Waals surface area contributed by atoms with Crippen LogP contribution in [0.3, 0.4) is 0 Å². The Morgan fingerprint density at radius 2 is 1.96 bits per heavy atom. The van der Waals surface area contributed by atoms with Crippen molar-refractivity contribution in [2.24, 2.45) is 5.92 Å². The minimum Gasteiger partial charge on any atom is -0.354 e. The van der Waals surface area contributed by atoms with Crippen LogP contribution < -0.4 is 10.6 Å². The minimum absolute atomic E-state index is 0.0905. The standard InChI is InChI=1S/C21H29N3O3/c1-15-9-7-8-12-21(15)18(26)24(19(27)23-21)13-17(25)22-14-20(2,3)16-10-5-4-6-11-16/h4-6,10-11,15H,7-9,12-14H2,1-3H3,(H,22,25)(H,23,27). The van der Waals surface area contributed by atoms with Crippen molar-refractivity contribution in [3.63, 3.8) is 0 Å². The molecule has 6 heteroatoms. The monoisotopic (exact) mass is 371 g/mol. The van der Waals surface area contributed by atoms with Gasteiger partial charge in [0.1, 0.15) is 12.1 Å². The van der Waals surface area contributed by atoms with Crippen LogP contribution in [0.25, 0.3) is 0 Å². The van der Waals surface area contributed by atoms with E-state index in [1.54, 1.807) is 0 Å². The van der Waals surface area contributed by atoms with E-state index < -0.39 is 11.6 Å². The van der Waals surface area contributed by atoms with E-state index in [9.17, 15) is 14.4 Å². The number of hydrogen-bond acceptors (Lipinski definition) is 3. The zero-order valence-electron chi connectivity index (χ0n) is 16.4. The molecular formula is C21H29N3O3. The first-order chi connectivity index (χ1) is 12.8. The highest BCUT2D eigenvalue weighted by Crippen LogP contribution is 2.38. The number of carbonyl (C=O) groups excluding carboxylic acids is 3. The number of hydrogen-bond donors (Lipinski definition) is 2. The summed E-state index contributed by atoms with van der Waals surface area (Å²) in [4.78, 5) is 38.8. The van der Waals surface area contributed by atoms with Gasteiger partial charge in [-0.2, -0.15) is 0 Å². The van der Waals surface area contributed by atoms with Crippen LogP contribution in [0.2, 0.25) is 0 Å². The van der Waals surface area contributed by atoms with Crippen LogP contribution in [-0.2, 0) is 15.0 Å². The molecule has 1 heterocycles. The Morgan fingerprint density at radius 3 is 2.63 bits per heavy atom. The summed E-state index contributed by atoms with van der Waals surface area (Å²) in [5.41, 5.74) is 0.0574. The molecule has 1 aliphatic heterocycles. The van der Waals surface area contributed by atoms with Gasteiger partial charge in [-0.05, 0) is 24.3 Å². The molecule has 27 heavy (non-hydrogen) atoms. The molecule has 0 aromatic heterocycles. The first-order valence-corrected chi connectivity index (χ1v) is 9.72. The zero-order chi connectivity index (χ0) is 19.7. The average Bonchev–Trinajstić information content (AvgIpc) is 2.88. The molecule has 3 rings (SSSR count). The highest BCUT2D eigenvalue weighted by atomic mass is 16.2. The molecule has 2 fully saturated rings. The first-order valence-electron chi connectivity index (χ1n) is 9.72. The third kappa shape index (κ3) is 3.70. The van der Waals surface area contributed by atoms with Crippen LogP contribution in [0.1, 0.15) is 52.0 Å². The maximum atomic E-state index is 12.9. The second-order valence-corrected chi connectivity index (χ2v) is 8.47. The number of amides is 4. The lowest BCUT2D eigenvalue weighted by atomic mass is 9.73. The van der Waals surface area contributed by atoms with Crippen LogP contribution in [0.15, 0.2) is 30.3 Å². The summed E-state index contributed by atoms with van der Waals surface area (Å²) in [5.74, 6) is -0.479. The summed E-state index contributed by atoms with van der Waals surface area (Å²) in [6, 6.07) is 9.49. The molecule has 0 bridgehead atoms. The molecule has 6 nitrogen and oxygen atoms in total. The molecule has 4 amide bonds. The highest BCUT2D eigenvalue weighted by Gasteiger charge is 2.55. The Kier molecular flexibility index (Phi) is 5.27. The van der Waals surface area contributed by atoms with Crippen molar-refractivity contribution >= 4 is 17.8 Å². The zero-order valence-corrected chi connectivity index (χ0v) is 16.4. The highest BCUT2D eigenvalue weighted by molar-refractivity contribution is 6.09. The smallest absolute Gasteiger partial charge is 0.325 e. The summed E-state index contributed by atoms with van der Waals surface area (Å²) in [6.07, 6.45) is 3.55. The fourth-order valence-electron chi connectivity index (χ4n) is 4.15. The van der Waals surface area contributed by atoms with E-state index in [4.69, 9.17) is 0 Å². The molecule has 1 saturated heterocycles. The van der Waals surface area contributed by atoms with E-state index in [0.29, 0.717) is 13.0 Å². The van der Waals surface area contributed by atoms with Crippen LogP contribution in [-0.4, -0.2) is 41.4 Å². The number of nitrogens with zero attached hydrogens (tertiary/aromatic N) is 1. The molecule has 2 N–H and O–H groups in total. The molecule has 146 valence electrons. The van der Waals surface area contributed by atoms with E-state index in [1.807, 2.05) is 37.3 Å². The van der Waals surface area contributed by atoms with Gasteiger partial charge in [0.15, 0.2) is 0 Å². The summed E-state index contributed by atoms with van der Waals surface area (Å²) < 4.78 is 0. The molecule has 2 aliphatic rings. The SMILES string of the molecule is CC1CCCCC12NC(=O)N(CC(=O)NCC(C)(C)c1ccccc1)C2=O. The fraction of sp³-hybridized carbons (Fsp3) is 0.571. The van der Waals surface area contributed by atoms with Gasteiger partial charge in [0.2, 0.25) is 5.91 Å². The van der Waals surface area contributed by atoms with Gasteiger partial charge in [-0.15, -0.1) is 0 Å². The summed E-state index contributed by atoms with van der Waals surface area (Å²) >= 11 is 0. The molecule has 1 aliphatic carbocycles. The van der Waals surface area contributed by atoms with Gasteiger partial charge in [-0.3, -0.25) is 14.5 Å². The van der Waals surface area contributed by atoms with E-state index >= 15 is 0 Å². The van der Waals surface area contributed by atoms with Crippen LogP contribution in [0.4, 0.5) is 4.79 Å². The Morgan fingerprint density at radius 1 is 1.26 bits per heavy atom. The molecular weight excluding hydrogens is 342 g/mol. The van der Waals surface area contributed by atoms with Gasteiger partial charge in [0, 0.05) is 12.0 Å². The summed E-state index contributed by atoms with van der Waals surface area (Å²) in [6.45, 7) is 6.30. The quantitative estimate of drug-likeness (QED) is 0.781. The van der Waals surface area contributed by atoms with Crippen molar-refractivity contribution in [2.45, 2.75) is 57.4 Å². The Hall–Kier alpha value is -2.37. The Balaban J connectivity index is 1.61. The molecule has 1 saturated carbocycles. The van der Waals surface area contributed by atoms with Gasteiger partial charge in [0.05, 0.1) is 0 Å². The number of imide groups is 1. The normalized spacial score (nSPS) is 25.6. The van der Waals surface area contributed by atoms with Gasteiger partial charge >= 0.3 is 6.03 Å². The van der Waals surface area contributed by atoms with Crippen molar-refractivity contribution in [2.75, 3.05) is 13.1 Å². The second kappa shape index (κ2) is 7.33. The van der Waals surface area contributed by atoms with Gasteiger partial charge in [-0.25, -0.2) is 4.79 Å². The minimum atomic E-state index is -0.821. The molecule has 2 atom stereocenters. The molecule has 2 unspecified atom stereocenters. The second-order valence-electron chi connectivity index (χ2n) is 8.47. The fourth-order valence-corrected chi connectivity index (χ4v) is 4.15. The van der Waals surface area contributed by atoms with Crippen molar-refractivity contribution < 1.29 is 14.4 Å². The predicted octanol–water partition coefficient (Wildman–Crippen LogP) is 2.58. The van der Waals surface area contributed by atoms with Crippen molar-refractivity contribution in [1.82, 2.24) is 15.5 Å². The third-order valence-electron chi connectivity index (χ3n) is 6.09. The lowest BCUT2D eigenvalue weighted by Gasteiger charge is -2.36. The van der Waals surface area contributed by atoms with Crippen molar-refractivity contribution in [3.8, 4) is 0 Å².